The topological polar surface area (TPSA) is 81.2 Å². The Morgan fingerprint density at radius 1 is 1.56 bits per heavy atom. The number of nitrogens with zero attached hydrogens (tertiary/aromatic N) is 1. The lowest BCUT2D eigenvalue weighted by Crippen LogP contribution is -2.26. The zero-order valence-corrected chi connectivity index (χ0v) is 10.1. The Bertz CT molecular complexity index is 535. The van der Waals surface area contributed by atoms with Crippen LogP contribution in [0.5, 0.6) is 0 Å². The summed E-state index contributed by atoms with van der Waals surface area (Å²) in [6.07, 6.45) is 3.75. The predicted octanol–water partition coefficient (Wildman–Crippen LogP) is 1.54. The van der Waals surface area contributed by atoms with E-state index >= 15 is 0 Å². The van der Waals surface area contributed by atoms with Gasteiger partial charge in [0, 0.05) is 30.5 Å². The van der Waals surface area contributed by atoms with Crippen molar-refractivity contribution in [3.05, 3.63) is 47.7 Å². The molecule has 94 valence electrons. The fourth-order valence-electron chi connectivity index (χ4n) is 1.62. The first-order chi connectivity index (χ1) is 8.66. The highest BCUT2D eigenvalue weighted by molar-refractivity contribution is 5.98. The molecule has 0 aliphatic rings. The van der Waals surface area contributed by atoms with E-state index in [0.29, 0.717) is 24.2 Å². The maximum Gasteiger partial charge on any atom is 0.254 e. The van der Waals surface area contributed by atoms with E-state index in [9.17, 15) is 4.79 Å². The Kier molecular flexibility index (Phi) is 3.62. The summed E-state index contributed by atoms with van der Waals surface area (Å²) in [6.45, 7) is 2.33. The van der Waals surface area contributed by atoms with Gasteiger partial charge in [-0.25, -0.2) is 0 Å². The van der Waals surface area contributed by atoms with Crippen LogP contribution in [0.15, 0.2) is 35.1 Å². The normalized spacial score (nSPS) is 10.3. The highest BCUT2D eigenvalue weighted by atomic mass is 16.3. The molecule has 3 N–H and O–H groups in total. The molecule has 0 saturated carbocycles. The number of rotatable bonds is 4. The molecule has 2 aromatic rings. The third kappa shape index (κ3) is 2.88. The molecule has 0 atom stereocenters. The van der Waals surface area contributed by atoms with Gasteiger partial charge in [0.15, 0.2) is 0 Å². The second-order valence-corrected chi connectivity index (χ2v) is 4.00. The summed E-state index contributed by atoms with van der Waals surface area (Å²) in [7, 11) is 0. The van der Waals surface area contributed by atoms with Gasteiger partial charge in [0.05, 0.1) is 11.8 Å². The maximum absolute atomic E-state index is 11.8. The summed E-state index contributed by atoms with van der Waals surface area (Å²) < 4.78 is 5.17. The minimum Gasteiger partial charge on any atom is -0.469 e. The quantitative estimate of drug-likeness (QED) is 0.856. The van der Waals surface area contributed by atoms with Gasteiger partial charge in [-0.15, -0.1) is 0 Å². The van der Waals surface area contributed by atoms with Crippen molar-refractivity contribution >= 4 is 11.6 Å². The Labute approximate surface area is 105 Å². The van der Waals surface area contributed by atoms with Gasteiger partial charge in [-0.1, -0.05) is 0 Å². The highest BCUT2D eigenvalue weighted by Crippen LogP contribution is 2.11. The van der Waals surface area contributed by atoms with E-state index in [-0.39, 0.29) is 5.91 Å². The number of nitrogens with two attached hydrogens (primary N) is 1. The van der Waals surface area contributed by atoms with Crippen LogP contribution in [0.25, 0.3) is 0 Å². The minimum atomic E-state index is -0.216. The number of carbonyl (C=O) groups excluding carboxylic acids is 1. The predicted molar refractivity (Wildman–Crippen MR) is 68.1 cm³/mol. The average molecular weight is 245 g/mol. The molecule has 0 aromatic carbocycles. The lowest BCUT2D eigenvalue weighted by Gasteiger charge is -2.06. The van der Waals surface area contributed by atoms with Gasteiger partial charge in [-0.3, -0.25) is 9.78 Å². The van der Waals surface area contributed by atoms with Crippen LogP contribution in [0.4, 0.5) is 5.69 Å². The van der Waals surface area contributed by atoms with Gasteiger partial charge < -0.3 is 15.5 Å². The van der Waals surface area contributed by atoms with E-state index < -0.39 is 0 Å². The third-order valence-corrected chi connectivity index (χ3v) is 2.55. The number of anilines is 1. The number of carbonyl (C=O) groups is 1. The molecule has 5 nitrogen and oxygen atoms in total. The van der Waals surface area contributed by atoms with Gasteiger partial charge in [-0.05, 0) is 25.1 Å². The fourth-order valence-corrected chi connectivity index (χ4v) is 1.62. The van der Waals surface area contributed by atoms with Crippen molar-refractivity contribution in [2.24, 2.45) is 0 Å². The number of hydrogen-bond donors (Lipinski definition) is 2. The maximum atomic E-state index is 11.8. The van der Waals surface area contributed by atoms with Crippen LogP contribution >= 0.6 is 0 Å². The third-order valence-electron chi connectivity index (χ3n) is 2.55. The summed E-state index contributed by atoms with van der Waals surface area (Å²) in [5.74, 6) is 0.622. The van der Waals surface area contributed by atoms with E-state index in [1.165, 1.54) is 6.20 Å². The second-order valence-electron chi connectivity index (χ2n) is 4.00. The molecule has 0 spiro atoms. The lowest BCUT2D eigenvalue weighted by atomic mass is 10.2. The summed E-state index contributed by atoms with van der Waals surface area (Å²) in [5.41, 5.74) is 7.41. The van der Waals surface area contributed by atoms with Gasteiger partial charge >= 0.3 is 0 Å². The van der Waals surface area contributed by atoms with Crippen molar-refractivity contribution in [3.63, 3.8) is 0 Å². The molecule has 0 aliphatic heterocycles. The fraction of sp³-hybridized carbons (Fsp3) is 0.231. The van der Waals surface area contributed by atoms with Crippen LogP contribution in [-0.4, -0.2) is 17.4 Å². The van der Waals surface area contributed by atoms with Crippen molar-refractivity contribution in [1.82, 2.24) is 10.3 Å². The number of nitrogens with one attached hydrogen (secondary N) is 1. The van der Waals surface area contributed by atoms with Gasteiger partial charge in [0.1, 0.15) is 5.76 Å². The van der Waals surface area contributed by atoms with Crippen molar-refractivity contribution in [2.75, 3.05) is 12.3 Å². The molecule has 2 rings (SSSR count). The molecule has 0 unspecified atom stereocenters. The van der Waals surface area contributed by atoms with Crippen molar-refractivity contribution in [1.29, 1.82) is 0 Å². The van der Waals surface area contributed by atoms with Crippen LogP contribution in [0, 0.1) is 6.92 Å². The zero-order chi connectivity index (χ0) is 13.0. The van der Waals surface area contributed by atoms with E-state index in [1.54, 1.807) is 12.3 Å². The number of nitrogen functional groups attached to an aromatic ring is 1. The molecule has 0 fully saturated rings. The van der Waals surface area contributed by atoms with E-state index in [4.69, 9.17) is 10.2 Å². The Balaban J connectivity index is 1.91. The molecule has 0 saturated heterocycles. The minimum absolute atomic E-state index is 0.216. The summed E-state index contributed by atoms with van der Waals surface area (Å²) in [4.78, 5) is 15.9. The second kappa shape index (κ2) is 5.35. The SMILES string of the molecule is Cc1cc(N)c(C(=O)NCCc2ccco2)cn1. The summed E-state index contributed by atoms with van der Waals surface area (Å²) >= 11 is 0. The van der Waals surface area contributed by atoms with E-state index in [0.717, 1.165) is 11.5 Å². The summed E-state index contributed by atoms with van der Waals surface area (Å²) in [5, 5.41) is 2.78. The van der Waals surface area contributed by atoms with E-state index in [1.807, 2.05) is 19.1 Å². The van der Waals surface area contributed by atoms with Crippen LogP contribution in [0.1, 0.15) is 21.8 Å². The zero-order valence-electron chi connectivity index (χ0n) is 10.1. The number of pyridine rings is 1. The lowest BCUT2D eigenvalue weighted by molar-refractivity contribution is 0.0954. The molecule has 18 heavy (non-hydrogen) atoms. The molecule has 2 heterocycles. The van der Waals surface area contributed by atoms with Crippen LogP contribution in [0.2, 0.25) is 0 Å². The molecule has 2 aromatic heterocycles. The number of amides is 1. The monoisotopic (exact) mass is 245 g/mol. The number of furan rings is 1. The number of hydrogen-bond acceptors (Lipinski definition) is 4. The number of aromatic nitrogens is 1. The van der Waals surface area contributed by atoms with Crippen molar-refractivity contribution in [3.8, 4) is 0 Å². The van der Waals surface area contributed by atoms with Crippen LogP contribution in [0.3, 0.4) is 0 Å². The van der Waals surface area contributed by atoms with Crippen molar-refractivity contribution in [2.45, 2.75) is 13.3 Å². The largest absolute Gasteiger partial charge is 0.469 e. The molecule has 1 amide bonds. The van der Waals surface area contributed by atoms with E-state index in [2.05, 4.69) is 10.3 Å². The molecule has 0 radical (unpaired) electrons. The smallest absolute Gasteiger partial charge is 0.254 e. The molecular formula is C13H15N3O2. The first kappa shape index (κ1) is 12.2. The van der Waals surface area contributed by atoms with Crippen LogP contribution < -0.4 is 11.1 Å². The Morgan fingerprint density at radius 2 is 2.39 bits per heavy atom. The van der Waals surface area contributed by atoms with Gasteiger partial charge in [0.25, 0.3) is 5.91 Å². The molecule has 0 aliphatic carbocycles. The Morgan fingerprint density at radius 3 is 3.06 bits per heavy atom. The highest BCUT2D eigenvalue weighted by Gasteiger charge is 2.09. The molecule has 0 bridgehead atoms. The van der Waals surface area contributed by atoms with Gasteiger partial charge in [0.2, 0.25) is 0 Å². The van der Waals surface area contributed by atoms with Crippen LogP contribution in [-0.2, 0) is 6.42 Å². The Hall–Kier alpha value is -2.30. The standard InChI is InChI=1S/C13H15N3O2/c1-9-7-12(14)11(8-16-9)13(17)15-5-4-10-3-2-6-18-10/h2-3,6-8H,4-5H2,1H3,(H2,14,16)(H,15,17). The molecule has 5 heteroatoms. The number of aryl methyl sites for hydroxylation is 1. The van der Waals surface area contributed by atoms with Gasteiger partial charge in [-0.2, -0.15) is 0 Å². The average Bonchev–Trinajstić information content (AvgIpc) is 2.81. The molecular weight excluding hydrogens is 230 g/mol. The first-order valence-electron chi connectivity index (χ1n) is 5.69. The first-order valence-corrected chi connectivity index (χ1v) is 5.69. The summed E-state index contributed by atoms with van der Waals surface area (Å²) in [6, 6.07) is 5.37. The van der Waals surface area contributed by atoms with Crippen molar-refractivity contribution < 1.29 is 9.21 Å².